The van der Waals surface area contributed by atoms with E-state index in [1.807, 2.05) is 6.07 Å². The van der Waals surface area contributed by atoms with Crippen molar-refractivity contribution in [2.75, 3.05) is 25.0 Å². The second-order valence-electron chi connectivity index (χ2n) is 6.80. The number of sulfonamides is 1. The molecule has 1 atom stereocenters. The van der Waals surface area contributed by atoms with Crippen LogP contribution < -0.4 is 10.1 Å². The zero-order chi connectivity index (χ0) is 23.0. The van der Waals surface area contributed by atoms with Crippen molar-refractivity contribution >= 4 is 27.6 Å². The van der Waals surface area contributed by atoms with Gasteiger partial charge in [-0.25, -0.2) is 13.2 Å². The molecule has 2 aromatic rings. The van der Waals surface area contributed by atoms with Crippen LogP contribution in [-0.2, 0) is 24.3 Å². The van der Waals surface area contributed by atoms with Crippen molar-refractivity contribution in [3.05, 3.63) is 54.1 Å². The molecule has 0 aliphatic carbocycles. The van der Waals surface area contributed by atoms with Gasteiger partial charge in [-0.1, -0.05) is 38.1 Å². The highest BCUT2D eigenvalue weighted by Crippen LogP contribution is 2.23. The Bertz CT molecular complexity index is 1000. The van der Waals surface area contributed by atoms with Crippen LogP contribution in [0.5, 0.6) is 5.75 Å². The van der Waals surface area contributed by atoms with Crippen LogP contribution in [-0.4, -0.2) is 50.4 Å². The highest BCUT2D eigenvalue weighted by Gasteiger charge is 2.24. The van der Waals surface area contributed by atoms with E-state index in [4.69, 9.17) is 9.47 Å². The third-order valence-corrected chi connectivity index (χ3v) is 6.72. The molecule has 2 aromatic carbocycles. The van der Waals surface area contributed by atoms with E-state index in [0.29, 0.717) is 30.1 Å². The number of amides is 1. The van der Waals surface area contributed by atoms with Crippen LogP contribution in [0.3, 0.4) is 0 Å². The highest BCUT2D eigenvalue weighted by molar-refractivity contribution is 7.89. The van der Waals surface area contributed by atoms with Gasteiger partial charge in [0, 0.05) is 18.8 Å². The van der Waals surface area contributed by atoms with Gasteiger partial charge in [0.05, 0.1) is 4.90 Å². The smallest absolute Gasteiger partial charge is 0.347 e. The van der Waals surface area contributed by atoms with Crippen LogP contribution in [0.2, 0.25) is 0 Å². The molecular weight excluding hydrogens is 420 g/mol. The Hall–Kier alpha value is -2.91. The largest absolute Gasteiger partial charge is 0.479 e. The predicted octanol–water partition coefficient (Wildman–Crippen LogP) is 2.97. The summed E-state index contributed by atoms with van der Waals surface area (Å²) in [7, 11) is -3.68. The standard InChI is InChI=1S/C22H28N2O6S/c1-5-24(6-2)31(27,28)20-14-18(13-12-16(20)3)23-21(25)15-29-22(26)17(4)30-19-10-8-7-9-11-19/h7-14,17H,5-6,15H2,1-4H3,(H,23,25). The number of hydrogen-bond acceptors (Lipinski definition) is 6. The van der Waals surface area contributed by atoms with Gasteiger partial charge >= 0.3 is 5.97 Å². The van der Waals surface area contributed by atoms with E-state index >= 15 is 0 Å². The molecule has 0 fully saturated rings. The Morgan fingerprint density at radius 2 is 1.71 bits per heavy atom. The number of hydrogen-bond donors (Lipinski definition) is 1. The molecule has 8 nitrogen and oxygen atoms in total. The van der Waals surface area contributed by atoms with Crippen LogP contribution in [0, 0.1) is 6.92 Å². The second kappa shape index (κ2) is 10.9. The summed E-state index contributed by atoms with van der Waals surface area (Å²) in [6.45, 7) is 6.91. The predicted molar refractivity (Wildman–Crippen MR) is 117 cm³/mol. The van der Waals surface area contributed by atoms with E-state index in [1.54, 1.807) is 57.2 Å². The first-order valence-corrected chi connectivity index (χ1v) is 11.4. The van der Waals surface area contributed by atoms with Crippen LogP contribution in [0.25, 0.3) is 0 Å². The molecule has 31 heavy (non-hydrogen) atoms. The van der Waals surface area contributed by atoms with E-state index in [2.05, 4.69) is 5.32 Å². The van der Waals surface area contributed by atoms with Gasteiger partial charge in [0.25, 0.3) is 5.91 Å². The maximum absolute atomic E-state index is 12.8. The summed E-state index contributed by atoms with van der Waals surface area (Å²) in [5.74, 6) is -0.763. The van der Waals surface area contributed by atoms with Crippen LogP contribution in [0.15, 0.2) is 53.4 Å². The summed E-state index contributed by atoms with van der Waals surface area (Å²) in [6, 6.07) is 13.4. The fourth-order valence-corrected chi connectivity index (χ4v) is 4.57. The van der Waals surface area contributed by atoms with Crippen molar-refractivity contribution in [2.24, 2.45) is 0 Å². The molecule has 0 saturated heterocycles. The molecule has 9 heteroatoms. The SMILES string of the molecule is CCN(CC)S(=O)(=O)c1cc(NC(=O)COC(=O)C(C)Oc2ccccc2)ccc1C. The molecule has 168 valence electrons. The minimum Gasteiger partial charge on any atom is -0.479 e. The minimum atomic E-state index is -3.68. The molecule has 0 saturated carbocycles. The molecule has 2 rings (SSSR count). The van der Waals surface area contributed by atoms with Crippen molar-refractivity contribution in [1.82, 2.24) is 4.31 Å². The number of ether oxygens (including phenoxy) is 2. The van der Waals surface area contributed by atoms with E-state index in [9.17, 15) is 18.0 Å². The number of anilines is 1. The first-order valence-electron chi connectivity index (χ1n) is 9.98. The Morgan fingerprint density at radius 3 is 2.32 bits per heavy atom. The fraction of sp³-hybridized carbons (Fsp3) is 0.364. The molecule has 0 aliphatic rings. The Balaban J connectivity index is 1.98. The average molecular weight is 449 g/mol. The topological polar surface area (TPSA) is 102 Å². The number of benzene rings is 2. The summed E-state index contributed by atoms with van der Waals surface area (Å²) in [6.07, 6.45) is -0.889. The first kappa shape index (κ1) is 24.4. The monoisotopic (exact) mass is 448 g/mol. The number of carbonyl (C=O) groups excluding carboxylic acids is 2. The maximum atomic E-state index is 12.8. The lowest BCUT2D eigenvalue weighted by Crippen LogP contribution is -2.31. The van der Waals surface area contributed by atoms with Gasteiger partial charge in [-0.3, -0.25) is 4.79 Å². The zero-order valence-electron chi connectivity index (χ0n) is 18.1. The number of para-hydroxylation sites is 1. The second-order valence-corrected chi connectivity index (χ2v) is 8.70. The zero-order valence-corrected chi connectivity index (χ0v) is 18.9. The summed E-state index contributed by atoms with van der Waals surface area (Å²) >= 11 is 0. The fourth-order valence-electron chi connectivity index (χ4n) is 2.86. The van der Waals surface area contributed by atoms with Crippen molar-refractivity contribution in [2.45, 2.75) is 38.7 Å². The average Bonchev–Trinajstić information content (AvgIpc) is 2.74. The number of esters is 1. The Labute approximate surface area is 183 Å². The lowest BCUT2D eigenvalue weighted by molar-refractivity contribution is -0.153. The number of carbonyl (C=O) groups is 2. The van der Waals surface area contributed by atoms with Gasteiger partial charge in [-0.2, -0.15) is 4.31 Å². The molecule has 0 radical (unpaired) electrons. The van der Waals surface area contributed by atoms with Crippen LogP contribution in [0.1, 0.15) is 26.3 Å². The van der Waals surface area contributed by atoms with E-state index < -0.39 is 34.6 Å². The van der Waals surface area contributed by atoms with E-state index in [1.165, 1.54) is 17.3 Å². The molecular formula is C22H28N2O6S. The normalized spacial score (nSPS) is 12.3. The summed E-state index contributed by atoms with van der Waals surface area (Å²) in [5.41, 5.74) is 0.870. The summed E-state index contributed by atoms with van der Waals surface area (Å²) in [5, 5.41) is 2.56. The minimum absolute atomic E-state index is 0.121. The van der Waals surface area contributed by atoms with Gasteiger partial charge in [0.2, 0.25) is 10.0 Å². The third-order valence-electron chi connectivity index (χ3n) is 4.53. The maximum Gasteiger partial charge on any atom is 0.347 e. The number of nitrogens with one attached hydrogen (secondary N) is 1. The van der Waals surface area contributed by atoms with Crippen molar-refractivity contribution in [1.29, 1.82) is 0 Å². The Kier molecular flexibility index (Phi) is 8.58. The first-order chi connectivity index (χ1) is 14.7. The number of nitrogens with zero attached hydrogens (tertiary/aromatic N) is 1. The molecule has 1 amide bonds. The van der Waals surface area contributed by atoms with Gasteiger partial charge in [0.1, 0.15) is 5.75 Å². The van der Waals surface area contributed by atoms with Crippen molar-refractivity contribution in [3.8, 4) is 5.75 Å². The molecule has 1 unspecified atom stereocenters. The van der Waals surface area contributed by atoms with Gasteiger partial charge in [-0.05, 0) is 43.7 Å². The van der Waals surface area contributed by atoms with Gasteiger partial charge in [0.15, 0.2) is 12.7 Å². The summed E-state index contributed by atoms with van der Waals surface area (Å²) < 4.78 is 37.5. The molecule has 0 heterocycles. The number of rotatable bonds is 10. The van der Waals surface area contributed by atoms with E-state index in [-0.39, 0.29) is 4.90 Å². The molecule has 0 spiro atoms. The Morgan fingerprint density at radius 1 is 1.06 bits per heavy atom. The lowest BCUT2D eigenvalue weighted by atomic mass is 10.2. The molecule has 0 aliphatic heterocycles. The van der Waals surface area contributed by atoms with Crippen LogP contribution in [0.4, 0.5) is 5.69 Å². The summed E-state index contributed by atoms with van der Waals surface area (Å²) in [4.78, 5) is 24.4. The van der Waals surface area contributed by atoms with Crippen LogP contribution >= 0.6 is 0 Å². The highest BCUT2D eigenvalue weighted by atomic mass is 32.2. The molecule has 0 bridgehead atoms. The lowest BCUT2D eigenvalue weighted by Gasteiger charge is -2.20. The van der Waals surface area contributed by atoms with Crippen molar-refractivity contribution in [3.63, 3.8) is 0 Å². The molecule has 0 aromatic heterocycles. The van der Waals surface area contributed by atoms with Gasteiger partial charge in [-0.15, -0.1) is 0 Å². The number of aryl methyl sites for hydroxylation is 1. The van der Waals surface area contributed by atoms with Gasteiger partial charge < -0.3 is 14.8 Å². The molecule has 1 N–H and O–H groups in total. The van der Waals surface area contributed by atoms with Crippen molar-refractivity contribution < 1.29 is 27.5 Å². The third kappa shape index (κ3) is 6.53. The van der Waals surface area contributed by atoms with E-state index in [0.717, 1.165) is 0 Å². The quantitative estimate of drug-likeness (QED) is 0.561.